The molecule has 2 aromatic carbocycles. The number of nitrogens with zero attached hydrogens (tertiary/aromatic N) is 1. The molecule has 5 heteroatoms. The first-order valence-electron chi connectivity index (χ1n) is 8.87. The second-order valence-corrected chi connectivity index (χ2v) is 6.60. The summed E-state index contributed by atoms with van der Waals surface area (Å²) in [5.74, 6) is 0.729. The van der Waals surface area contributed by atoms with Crippen LogP contribution in [0.2, 0.25) is 0 Å². The van der Waals surface area contributed by atoms with Crippen molar-refractivity contribution in [3.05, 3.63) is 59.7 Å². The number of hydrogen-bond donors (Lipinski definition) is 1. The molecule has 0 radical (unpaired) electrons. The average Bonchev–Trinajstić information content (AvgIpc) is 2.69. The molecule has 0 spiro atoms. The monoisotopic (exact) mass is 355 g/mol. The molecule has 1 fully saturated rings. The summed E-state index contributed by atoms with van der Waals surface area (Å²) in [5.41, 5.74) is 2.34. The fraction of sp³-hybridized carbons (Fsp3) is 0.381. The highest BCUT2D eigenvalue weighted by molar-refractivity contribution is 5.70. The molecule has 1 heterocycles. The van der Waals surface area contributed by atoms with Crippen LogP contribution in [0.5, 0.6) is 11.5 Å². The molecule has 0 aliphatic carbocycles. The molecule has 3 rings (SSSR count). The molecule has 0 bridgehead atoms. The summed E-state index contributed by atoms with van der Waals surface area (Å²) in [6.45, 7) is 1.53. The first kappa shape index (κ1) is 18.3. The van der Waals surface area contributed by atoms with Gasteiger partial charge in [-0.15, -0.1) is 0 Å². The maximum atomic E-state index is 11.3. The van der Waals surface area contributed by atoms with Crippen molar-refractivity contribution in [1.82, 2.24) is 4.90 Å². The van der Waals surface area contributed by atoms with Crippen LogP contribution in [0.3, 0.4) is 0 Å². The van der Waals surface area contributed by atoms with Gasteiger partial charge in [0.05, 0.1) is 26.2 Å². The molecule has 0 atom stereocenters. The maximum absolute atomic E-state index is 11.3. The molecule has 1 saturated heterocycles. The second kappa shape index (κ2) is 8.23. The molecule has 2 aromatic rings. The molecular weight excluding hydrogens is 330 g/mol. The van der Waals surface area contributed by atoms with E-state index in [1.54, 1.807) is 14.2 Å². The summed E-state index contributed by atoms with van der Waals surface area (Å²) >= 11 is 0. The third-order valence-electron chi connectivity index (χ3n) is 5.11. The van der Waals surface area contributed by atoms with Crippen molar-refractivity contribution in [1.29, 1.82) is 0 Å². The number of piperidine rings is 1. The highest BCUT2D eigenvalue weighted by Crippen LogP contribution is 2.34. The van der Waals surface area contributed by atoms with E-state index < -0.39 is 5.97 Å². The van der Waals surface area contributed by atoms with Crippen LogP contribution in [0.15, 0.2) is 48.5 Å². The smallest absolute Gasteiger partial charge is 0.306 e. The molecule has 0 aromatic heterocycles. The van der Waals surface area contributed by atoms with Gasteiger partial charge in [-0.25, -0.2) is 0 Å². The minimum absolute atomic E-state index is 0.0848. The molecule has 0 saturated carbocycles. The molecule has 1 aliphatic rings. The van der Waals surface area contributed by atoms with Gasteiger partial charge in [-0.3, -0.25) is 9.69 Å². The van der Waals surface area contributed by atoms with Crippen LogP contribution in [-0.2, 0) is 4.79 Å². The normalized spacial score (nSPS) is 15.8. The van der Waals surface area contributed by atoms with Crippen molar-refractivity contribution in [2.24, 2.45) is 5.92 Å². The largest absolute Gasteiger partial charge is 0.497 e. The van der Waals surface area contributed by atoms with Gasteiger partial charge in [0.2, 0.25) is 0 Å². The van der Waals surface area contributed by atoms with Gasteiger partial charge in [-0.2, -0.15) is 0 Å². The van der Waals surface area contributed by atoms with Crippen molar-refractivity contribution >= 4 is 5.97 Å². The van der Waals surface area contributed by atoms with Crippen LogP contribution >= 0.6 is 0 Å². The summed E-state index contributed by atoms with van der Waals surface area (Å²) < 4.78 is 10.6. The first-order chi connectivity index (χ1) is 12.6. The summed E-state index contributed by atoms with van der Waals surface area (Å²) in [4.78, 5) is 13.6. The number of aliphatic carboxylic acids is 1. The lowest BCUT2D eigenvalue weighted by Crippen LogP contribution is -2.39. The number of ether oxygens (including phenoxy) is 2. The standard InChI is InChI=1S/C21H25NO4/c1-25-18-7-3-15(4-8-18)20(16-5-9-19(26-2)10-6-16)22-13-11-17(12-14-22)21(23)24/h3-10,17,20H,11-14H2,1-2H3,(H,23,24). The Morgan fingerprint density at radius 1 is 0.923 bits per heavy atom. The number of carbonyl (C=O) groups is 1. The van der Waals surface area contributed by atoms with E-state index in [1.165, 1.54) is 11.1 Å². The molecule has 0 unspecified atom stereocenters. The van der Waals surface area contributed by atoms with E-state index in [0.717, 1.165) is 24.6 Å². The number of carboxylic acids is 1. The van der Waals surface area contributed by atoms with E-state index in [1.807, 2.05) is 24.3 Å². The fourth-order valence-corrected chi connectivity index (χ4v) is 3.59. The minimum atomic E-state index is -0.685. The number of carboxylic acid groups (broad SMARTS) is 1. The number of methoxy groups -OCH3 is 2. The Kier molecular flexibility index (Phi) is 5.78. The lowest BCUT2D eigenvalue weighted by molar-refractivity contribution is -0.143. The first-order valence-corrected chi connectivity index (χ1v) is 8.87. The van der Waals surface area contributed by atoms with Crippen LogP contribution in [0.1, 0.15) is 30.0 Å². The van der Waals surface area contributed by atoms with Gasteiger partial charge in [0.1, 0.15) is 11.5 Å². The van der Waals surface area contributed by atoms with E-state index in [-0.39, 0.29) is 12.0 Å². The van der Waals surface area contributed by atoms with Crippen LogP contribution in [0.4, 0.5) is 0 Å². The Hall–Kier alpha value is -2.53. The Morgan fingerprint density at radius 2 is 1.35 bits per heavy atom. The number of likely N-dealkylation sites (tertiary alicyclic amines) is 1. The topological polar surface area (TPSA) is 59.0 Å². The van der Waals surface area contributed by atoms with Gasteiger partial charge in [0, 0.05) is 0 Å². The predicted molar refractivity (Wildman–Crippen MR) is 99.8 cm³/mol. The predicted octanol–water partition coefficient (Wildman–Crippen LogP) is 3.59. The molecule has 26 heavy (non-hydrogen) atoms. The zero-order valence-corrected chi connectivity index (χ0v) is 15.2. The summed E-state index contributed by atoms with van der Waals surface area (Å²) in [5, 5.41) is 9.27. The highest BCUT2D eigenvalue weighted by Gasteiger charge is 2.30. The second-order valence-electron chi connectivity index (χ2n) is 6.60. The van der Waals surface area contributed by atoms with E-state index in [9.17, 15) is 9.90 Å². The Labute approximate surface area is 154 Å². The highest BCUT2D eigenvalue weighted by atomic mass is 16.5. The van der Waals surface area contributed by atoms with E-state index >= 15 is 0 Å². The Bertz CT molecular complexity index is 671. The third kappa shape index (κ3) is 3.99. The zero-order chi connectivity index (χ0) is 18.5. The minimum Gasteiger partial charge on any atom is -0.497 e. The maximum Gasteiger partial charge on any atom is 0.306 e. The molecular formula is C21H25NO4. The number of benzene rings is 2. The third-order valence-corrected chi connectivity index (χ3v) is 5.11. The quantitative estimate of drug-likeness (QED) is 0.858. The Balaban J connectivity index is 1.89. The summed E-state index contributed by atoms with van der Waals surface area (Å²) in [6.07, 6.45) is 1.36. The van der Waals surface area contributed by atoms with Gasteiger partial charge >= 0.3 is 5.97 Å². The van der Waals surface area contributed by atoms with Crippen molar-refractivity contribution in [3.63, 3.8) is 0 Å². The van der Waals surface area contributed by atoms with E-state index in [4.69, 9.17) is 9.47 Å². The average molecular weight is 355 g/mol. The van der Waals surface area contributed by atoms with Crippen molar-refractivity contribution < 1.29 is 19.4 Å². The summed E-state index contributed by atoms with van der Waals surface area (Å²) in [6, 6.07) is 16.3. The van der Waals surface area contributed by atoms with Gasteiger partial charge in [-0.05, 0) is 61.3 Å². The van der Waals surface area contributed by atoms with Crippen LogP contribution in [0, 0.1) is 5.92 Å². The van der Waals surface area contributed by atoms with Gasteiger partial charge in [0.15, 0.2) is 0 Å². The fourth-order valence-electron chi connectivity index (χ4n) is 3.59. The SMILES string of the molecule is COc1ccc(C(c2ccc(OC)cc2)N2CCC(C(=O)O)CC2)cc1. The zero-order valence-electron chi connectivity index (χ0n) is 15.2. The molecule has 0 amide bonds. The van der Waals surface area contributed by atoms with Crippen molar-refractivity contribution in [2.75, 3.05) is 27.3 Å². The lowest BCUT2D eigenvalue weighted by atomic mass is 9.91. The van der Waals surface area contributed by atoms with E-state index in [0.29, 0.717) is 12.8 Å². The van der Waals surface area contributed by atoms with Gasteiger partial charge < -0.3 is 14.6 Å². The van der Waals surface area contributed by atoms with Crippen molar-refractivity contribution in [2.45, 2.75) is 18.9 Å². The van der Waals surface area contributed by atoms with Crippen molar-refractivity contribution in [3.8, 4) is 11.5 Å². The van der Waals surface area contributed by atoms with Crippen LogP contribution < -0.4 is 9.47 Å². The van der Waals surface area contributed by atoms with Gasteiger partial charge in [0.25, 0.3) is 0 Å². The van der Waals surface area contributed by atoms with E-state index in [2.05, 4.69) is 29.2 Å². The molecule has 5 nitrogen and oxygen atoms in total. The molecule has 1 aliphatic heterocycles. The molecule has 1 N–H and O–H groups in total. The lowest BCUT2D eigenvalue weighted by Gasteiger charge is -2.37. The number of hydrogen-bond acceptors (Lipinski definition) is 4. The van der Waals surface area contributed by atoms with Crippen LogP contribution in [-0.4, -0.2) is 43.3 Å². The summed E-state index contributed by atoms with van der Waals surface area (Å²) in [7, 11) is 3.32. The Morgan fingerprint density at radius 3 is 1.69 bits per heavy atom. The molecule has 138 valence electrons. The van der Waals surface area contributed by atoms with Crippen LogP contribution in [0.25, 0.3) is 0 Å². The number of rotatable bonds is 6. The van der Waals surface area contributed by atoms with Gasteiger partial charge in [-0.1, -0.05) is 24.3 Å².